The van der Waals surface area contributed by atoms with Crippen molar-refractivity contribution in [3.05, 3.63) is 54.0 Å². The Morgan fingerprint density at radius 2 is 2.11 bits per heavy atom. The van der Waals surface area contributed by atoms with Gasteiger partial charge in [-0.25, -0.2) is 18.5 Å². The first kappa shape index (κ1) is 20.9. The zero-order valence-corrected chi connectivity index (χ0v) is 16.2. The number of primary sulfonamides is 1. The first-order valence-electron chi connectivity index (χ1n) is 8.73. The molecule has 9 heteroatoms. The van der Waals surface area contributed by atoms with Crippen molar-refractivity contribution in [2.24, 2.45) is 10.1 Å². The van der Waals surface area contributed by atoms with Gasteiger partial charge in [0.25, 0.3) is 0 Å². The predicted octanol–water partition coefficient (Wildman–Crippen LogP) is 1.59. The maximum absolute atomic E-state index is 11.4. The van der Waals surface area contributed by atoms with Crippen molar-refractivity contribution in [1.82, 2.24) is 10.6 Å². The summed E-state index contributed by atoms with van der Waals surface area (Å²) >= 11 is 0. The predicted molar refractivity (Wildman–Crippen MR) is 104 cm³/mol. The third kappa shape index (κ3) is 7.81. The van der Waals surface area contributed by atoms with Crippen LogP contribution in [0.5, 0.6) is 0 Å². The van der Waals surface area contributed by atoms with Crippen LogP contribution < -0.4 is 15.8 Å². The van der Waals surface area contributed by atoms with E-state index in [9.17, 15) is 8.42 Å². The van der Waals surface area contributed by atoms with Gasteiger partial charge in [0.05, 0.1) is 17.7 Å². The van der Waals surface area contributed by atoms with E-state index in [2.05, 4.69) is 15.6 Å². The Hall–Kier alpha value is -2.36. The van der Waals surface area contributed by atoms with Gasteiger partial charge < -0.3 is 19.8 Å². The Labute approximate surface area is 159 Å². The first-order valence-corrected chi connectivity index (χ1v) is 10.3. The van der Waals surface area contributed by atoms with Crippen LogP contribution in [0.15, 0.2) is 57.0 Å². The van der Waals surface area contributed by atoms with E-state index in [-0.39, 0.29) is 4.90 Å². The highest BCUT2D eigenvalue weighted by atomic mass is 32.2. The fraction of sp³-hybridized carbons (Fsp3) is 0.389. The number of ether oxygens (including phenoxy) is 1. The highest BCUT2D eigenvalue weighted by molar-refractivity contribution is 7.89. The first-order chi connectivity index (χ1) is 13.0. The lowest BCUT2D eigenvalue weighted by Gasteiger charge is -2.11. The van der Waals surface area contributed by atoms with Crippen molar-refractivity contribution in [3.63, 3.8) is 0 Å². The molecule has 0 bridgehead atoms. The van der Waals surface area contributed by atoms with E-state index in [1.807, 2.05) is 25.1 Å². The molecule has 0 aliphatic heterocycles. The van der Waals surface area contributed by atoms with Gasteiger partial charge in [-0.3, -0.25) is 0 Å². The van der Waals surface area contributed by atoms with Gasteiger partial charge in [-0.05, 0) is 43.2 Å². The van der Waals surface area contributed by atoms with E-state index < -0.39 is 10.0 Å². The highest BCUT2D eigenvalue weighted by Crippen LogP contribution is 2.10. The number of rotatable bonds is 10. The molecule has 4 N–H and O–H groups in total. The van der Waals surface area contributed by atoms with Gasteiger partial charge in [0, 0.05) is 19.7 Å². The van der Waals surface area contributed by atoms with E-state index in [0.717, 1.165) is 24.3 Å². The van der Waals surface area contributed by atoms with Crippen molar-refractivity contribution in [1.29, 1.82) is 0 Å². The van der Waals surface area contributed by atoms with E-state index in [0.29, 0.717) is 32.3 Å². The lowest BCUT2D eigenvalue weighted by atomic mass is 10.2. The summed E-state index contributed by atoms with van der Waals surface area (Å²) < 4.78 is 33.6. The quantitative estimate of drug-likeness (QED) is 0.320. The maximum Gasteiger partial charge on any atom is 0.238 e. The number of nitrogens with two attached hydrogens (primary N) is 1. The van der Waals surface area contributed by atoms with Gasteiger partial charge in [-0.2, -0.15) is 0 Å². The van der Waals surface area contributed by atoms with Crippen molar-refractivity contribution < 1.29 is 17.6 Å². The molecule has 0 aliphatic carbocycles. The molecule has 1 aromatic heterocycles. The van der Waals surface area contributed by atoms with Crippen LogP contribution in [0, 0.1) is 0 Å². The topological polar surface area (TPSA) is 119 Å². The largest absolute Gasteiger partial charge is 0.467 e. The van der Waals surface area contributed by atoms with Crippen LogP contribution in [-0.4, -0.2) is 34.1 Å². The van der Waals surface area contributed by atoms with Gasteiger partial charge in [0.1, 0.15) is 12.4 Å². The Kier molecular flexibility index (Phi) is 8.31. The van der Waals surface area contributed by atoms with Crippen LogP contribution >= 0.6 is 0 Å². The molecule has 2 aromatic rings. The second kappa shape index (κ2) is 10.7. The molecule has 1 aromatic carbocycles. The average Bonchev–Trinajstić information content (AvgIpc) is 3.15. The Bertz CT molecular complexity index is 820. The Morgan fingerprint density at radius 1 is 1.26 bits per heavy atom. The number of benzene rings is 1. The molecular weight excluding hydrogens is 368 g/mol. The zero-order chi connectivity index (χ0) is 19.5. The second-order valence-corrected chi connectivity index (χ2v) is 7.36. The highest BCUT2D eigenvalue weighted by Gasteiger charge is 2.07. The molecule has 2 rings (SSSR count). The number of hydrogen-bond donors (Lipinski definition) is 3. The van der Waals surface area contributed by atoms with Crippen LogP contribution in [0.3, 0.4) is 0 Å². The molecule has 0 amide bonds. The monoisotopic (exact) mass is 394 g/mol. The smallest absolute Gasteiger partial charge is 0.238 e. The number of sulfonamides is 1. The number of furan rings is 1. The molecule has 0 saturated carbocycles. The Morgan fingerprint density at radius 3 is 2.81 bits per heavy atom. The molecule has 0 spiro atoms. The summed E-state index contributed by atoms with van der Waals surface area (Å²) in [4.78, 5) is 4.55. The molecule has 148 valence electrons. The molecule has 8 nitrogen and oxygen atoms in total. The molecule has 0 aliphatic rings. The van der Waals surface area contributed by atoms with Gasteiger partial charge in [-0.15, -0.1) is 0 Å². The fourth-order valence-electron chi connectivity index (χ4n) is 2.28. The number of hydrogen-bond acceptors (Lipinski definition) is 5. The minimum Gasteiger partial charge on any atom is -0.467 e. The standard InChI is InChI=1S/C18H26N4O4S/c1-2-20-18(21-9-5-10-25-14-16-7-4-11-26-16)22-13-15-6-3-8-17(12-15)27(19,23)24/h3-4,6-8,11-12H,2,5,9-10,13-14H2,1H3,(H2,19,23,24)(H2,20,21,22). The lowest BCUT2D eigenvalue weighted by Crippen LogP contribution is -2.38. The van der Waals surface area contributed by atoms with Crippen molar-refractivity contribution in [3.8, 4) is 0 Å². The van der Waals surface area contributed by atoms with Crippen LogP contribution in [0.25, 0.3) is 0 Å². The number of guanidine groups is 1. The van der Waals surface area contributed by atoms with Gasteiger partial charge in [-0.1, -0.05) is 12.1 Å². The van der Waals surface area contributed by atoms with Crippen molar-refractivity contribution >= 4 is 16.0 Å². The molecule has 0 radical (unpaired) electrons. The van der Waals surface area contributed by atoms with Gasteiger partial charge in [0.2, 0.25) is 10.0 Å². The Balaban J connectivity index is 1.78. The van der Waals surface area contributed by atoms with Crippen LogP contribution in [0.4, 0.5) is 0 Å². The minimum atomic E-state index is -3.71. The molecule has 27 heavy (non-hydrogen) atoms. The third-order valence-electron chi connectivity index (χ3n) is 3.57. The summed E-state index contributed by atoms with van der Waals surface area (Å²) in [7, 11) is -3.71. The van der Waals surface area contributed by atoms with Crippen molar-refractivity contribution in [2.75, 3.05) is 19.7 Å². The SMILES string of the molecule is CCNC(=NCc1cccc(S(N)(=O)=O)c1)NCCCOCc1ccco1. The third-order valence-corrected chi connectivity index (χ3v) is 4.48. The summed E-state index contributed by atoms with van der Waals surface area (Å²) in [6.07, 6.45) is 2.43. The van der Waals surface area contributed by atoms with Crippen molar-refractivity contribution in [2.45, 2.75) is 31.4 Å². The summed E-state index contributed by atoms with van der Waals surface area (Å²) in [6, 6.07) is 10.2. The average molecular weight is 394 g/mol. The molecule has 1 heterocycles. The molecule has 0 atom stereocenters. The molecule has 0 saturated heterocycles. The summed E-state index contributed by atoms with van der Waals surface area (Å²) in [6.45, 7) is 4.79. The lowest BCUT2D eigenvalue weighted by molar-refractivity contribution is 0.105. The fourth-order valence-corrected chi connectivity index (χ4v) is 2.87. The zero-order valence-electron chi connectivity index (χ0n) is 15.3. The van der Waals surface area contributed by atoms with E-state index in [1.54, 1.807) is 12.3 Å². The summed E-state index contributed by atoms with van der Waals surface area (Å²) in [5, 5.41) is 11.5. The van der Waals surface area contributed by atoms with Crippen LogP contribution in [0.2, 0.25) is 0 Å². The van der Waals surface area contributed by atoms with E-state index >= 15 is 0 Å². The summed E-state index contributed by atoms with van der Waals surface area (Å²) in [5.41, 5.74) is 0.764. The molecule has 0 fully saturated rings. The van der Waals surface area contributed by atoms with E-state index in [4.69, 9.17) is 14.3 Å². The van der Waals surface area contributed by atoms with Gasteiger partial charge in [0.15, 0.2) is 5.96 Å². The number of nitrogens with zero attached hydrogens (tertiary/aromatic N) is 1. The maximum atomic E-state index is 11.4. The van der Waals surface area contributed by atoms with Crippen LogP contribution in [0.1, 0.15) is 24.7 Å². The van der Waals surface area contributed by atoms with Gasteiger partial charge >= 0.3 is 0 Å². The number of aliphatic imine (C=N–C) groups is 1. The summed E-state index contributed by atoms with van der Waals surface area (Å²) in [5.74, 6) is 1.46. The van der Waals surface area contributed by atoms with Crippen LogP contribution in [-0.2, 0) is 27.9 Å². The molecular formula is C18H26N4O4S. The minimum absolute atomic E-state index is 0.0851. The second-order valence-electron chi connectivity index (χ2n) is 5.80. The molecule has 0 unspecified atom stereocenters. The normalized spacial score (nSPS) is 12.1. The number of nitrogens with one attached hydrogen (secondary N) is 2. The van der Waals surface area contributed by atoms with E-state index in [1.165, 1.54) is 12.1 Å².